The molecule has 0 aliphatic carbocycles. The predicted octanol–water partition coefficient (Wildman–Crippen LogP) is 21.1. The van der Waals surface area contributed by atoms with Gasteiger partial charge < -0.3 is 40.2 Å². The Morgan fingerprint density at radius 3 is 1.06 bits per heavy atom. The predicted molar refractivity (Wildman–Crippen MR) is 536 cm³/mol. The first-order chi connectivity index (χ1) is 59.9. The van der Waals surface area contributed by atoms with Crippen LogP contribution in [0.15, 0.2) is 157 Å². The van der Waals surface area contributed by atoms with Crippen molar-refractivity contribution < 1.29 is 88.5 Å². The third-order valence-electron chi connectivity index (χ3n) is 15.7. The number of benzene rings is 4. The largest absolute Gasteiger partial charge is 0.465 e. The van der Waals surface area contributed by atoms with Gasteiger partial charge in [0.15, 0.2) is 21.4 Å². The van der Waals surface area contributed by atoms with Gasteiger partial charge in [0, 0.05) is 90.3 Å². The summed E-state index contributed by atoms with van der Waals surface area (Å²) in [7, 11) is -5.82. The molecule has 5 rings (SSSR count). The molecule has 0 aliphatic rings. The third kappa shape index (κ3) is 88.1. The Kier molecular flexibility index (Phi) is 80.3. The number of amides is 4. The first-order valence-electron chi connectivity index (χ1n) is 45.4. The second-order valence-electron chi connectivity index (χ2n) is 37.6. The summed E-state index contributed by atoms with van der Waals surface area (Å²) in [6.45, 7) is 79.0. The van der Waals surface area contributed by atoms with Gasteiger partial charge in [0.1, 0.15) is 40.1 Å². The van der Waals surface area contributed by atoms with Gasteiger partial charge in [-0.25, -0.2) is 21.8 Å². The number of nitrogens with zero attached hydrogens (tertiary/aromatic N) is 2. The smallest absolute Gasteiger partial charge is 0.308 e. The quantitative estimate of drug-likeness (QED) is 0.0164. The van der Waals surface area contributed by atoms with Gasteiger partial charge in [-0.3, -0.25) is 57.7 Å². The minimum absolute atomic E-state index is 0.00116. The van der Waals surface area contributed by atoms with Gasteiger partial charge in [-0.05, 0) is 125 Å². The van der Waals surface area contributed by atoms with Crippen molar-refractivity contribution >= 4 is 84.5 Å². The molecule has 5 aromatic rings. The average Bonchev–Trinajstić information content (AvgIpc) is 0.838. The van der Waals surface area contributed by atoms with E-state index in [2.05, 4.69) is 51.7 Å². The van der Waals surface area contributed by atoms with E-state index in [9.17, 15) is 69.6 Å². The van der Waals surface area contributed by atoms with E-state index in [1.807, 2.05) is 299 Å². The van der Waals surface area contributed by atoms with Crippen LogP contribution in [0.2, 0.25) is 0 Å². The van der Waals surface area contributed by atoms with Crippen LogP contribution >= 0.6 is 0 Å². The van der Waals surface area contributed by atoms with Crippen LogP contribution in [0.3, 0.4) is 0 Å². The molecule has 0 bridgehead atoms. The zero-order chi connectivity index (χ0) is 104. The molecule has 0 aliphatic heterocycles. The molecule has 4 aromatic carbocycles. The summed E-state index contributed by atoms with van der Waals surface area (Å²) in [4.78, 5) is 128. The lowest BCUT2D eigenvalue weighted by atomic mass is 10.0. The first-order valence-corrected chi connectivity index (χ1v) is 48.9. The summed E-state index contributed by atoms with van der Waals surface area (Å²) in [5, 5.41) is 10.8. The highest BCUT2D eigenvalue weighted by molar-refractivity contribution is 7.92. The van der Waals surface area contributed by atoms with Gasteiger partial charge in [0.05, 0.1) is 51.9 Å². The Bertz CT molecular complexity index is 3940. The maximum absolute atomic E-state index is 11.5. The number of aromatic nitrogens is 2. The van der Waals surface area contributed by atoms with Crippen molar-refractivity contribution in [2.75, 3.05) is 26.0 Å². The summed E-state index contributed by atoms with van der Waals surface area (Å²) in [6.07, 6.45) is 7.35. The van der Waals surface area contributed by atoms with Crippen molar-refractivity contribution in [3.8, 4) is 0 Å². The molecule has 1 heterocycles. The molecule has 0 spiro atoms. The van der Waals surface area contributed by atoms with Crippen LogP contribution in [0.5, 0.6) is 0 Å². The fourth-order valence-corrected chi connectivity index (χ4v) is 8.12. The van der Waals surface area contributed by atoms with Crippen molar-refractivity contribution in [1.82, 2.24) is 31.2 Å². The molecule has 0 saturated carbocycles. The second kappa shape index (κ2) is 76.9. The Balaban J connectivity index is -0.000000209. The summed E-state index contributed by atoms with van der Waals surface area (Å²) in [5.74, 6) is 1.97. The van der Waals surface area contributed by atoms with E-state index in [4.69, 9.17) is 18.9 Å². The molecule has 0 radical (unpaired) electrons. The maximum atomic E-state index is 11.5. The number of hydrogen-bond acceptors (Lipinski definition) is 21. The van der Waals surface area contributed by atoms with Crippen LogP contribution < -0.4 is 21.3 Å². The number of carbonyl (C=O) groups excluding carboxylic acids is 11. The minimum Gasteiger partial charge on any atom is -0.465 e. The number of rotatable bonds is 27. The van der Waals surface area contributed by atoms with Gasteiger partial charge in [0.25, 0.3) is 0 Å². The van der Waals surface area contributed by atoms with Crippen molar-refractivity contribution in [1.29, 1.82) is 0 Å². The van der Waals surface area contributed by atoms with E-state index in [1.54, 1.807) is 91.1 Å². The number of ether oxygens (including phenoxy) is 4. The Hall–Kier alpha value is -9.63. The molecular formula is C104H176N6O19S2. The van der Waals surface area contributed by atoms with Crippen LogP contribution in [0.25, 0.3) is 0 Å². The summed E-state index contributed by atoms with van der Waals surface area (Å²) < 4.78 is 63.5. The molecule has 748 valence electrons. The van der Waals surface area contributed by atoms with E-state index < -0.39 is 19.7 Å². The zero-order valence-electron chi connectivity index (χ0n) is 87.8. The highest BCUT2D eigenvalue weighted by atomic mass is 32.2. The normalized spacial score (nSPS) is 10.7. The van der Waals surface area contributed by atoms with Crippen LogP contribution in [0, 0.1) is 76.9 Å². The van der Waals surface area contributed by atoms with E-state index >= 15 is 0 Å². The zero-order valence-corrected chi connectivity index (χ0v) is 89.4. The van der Waals surface area contributed by atoms with Crippen molar-refractivity contribution in [2.45, 2.75) is 316 Å². The van der Waals surface area contributed by atoms with Crippen molar-refractivity contribution in [2.24, 2.45) is 76.9 Å². The van der Waals surface area contributed by atoms with E-state index in [0.717, 1.165) is 23.2 Å². The van der Waals surface area contributed by atoms with Gasteiger partial charge >= 0.3 is 23.9 Å². The van der Waals surface area contributed by atoms with Crippen molar-refractivity contribution in [3.63, 3.8) is 0 Å². The monoisotopic (exact) mass is 1880 g/mol. The Labute approximate surface area is 793 Å². The third-order valence-corrected chi connectivity index (χ3v) is 19.6. The van der Waals surface area contributed by atoms with E-state index in [-0.39, 0.29) is 158 Å². The number of Topliss-reactive ketones (excluding diaryl/α,β-unsaturated/α-hetero) is 3. The first kappa shape index (κ1) is 137. The molecule has 0 atom stereocenters. The molecule has 1 aromatic heterocycles. The number of nitrogens with one attached hydrogen (secondary N) is 4. The SMILES string of the molecule is C=CCOC(=O)C(C)C.CC(=O)C(C)C.CC(C)C(=O)NC(C)(C)C.CC(C)C(=O)NCc1ccccc1.CC(C)C(=O)OC(C)(C)C.CC(C)C(=O)OCc1ccccc1.CC(C)C(=O)c1ccccc1.CC(C)C(=O)c1cnccn1.CC(C)CNC(=O)C(C)C.CC(C)COC(=O)C(C)C.CC(C)NC(=O)C(C)C.CC(C)S(=O)(=O)c1ccccc1.CC(C)S(C)(=O)=O. The Morgan fingerprint density at radius 1 is 0.412 bits per heavy atom. The highest BCUT2D eigenvalue weighted by Crippen LogP contribution is 2.16. The lowest BCUT2D eigenvalue weighted by molar-refractivity contribution is -0.158. The lowest BCUT2D eigenvalue weighted by Crippen LogP contribution is -2.42. The molecule has 0 unspecified atom stereocenters. The fourth-order valence-electron chi connectivity index (χ4n) is 7.04. The summed E-state index contributed by atoms with van der Waals surface area (Å²) >= 11 is 0. The molecule has 27 heteroatoms. The lowest BCUT2D eigenvalue weighted by Gasteiger charge is -2.21. The molecule has 0 saturated heterocycles. The minimum atomic E-state index is -3.08. The molecule has 0 fully saturated rings. The van der Waals surface area contributed by atoms with Gasteiger partial charge in [0.2, 0.25) is 23.6 Å². The van der Waals surface area contributed by atoms with Crippen molar-refractivity contribution in [3.05, 3.63) is 175 Å². The second-order valence-corrected chi connectivity index (χ2v) is 42.7. The fraction of sp³-hybridized carbons (Fsp3) is 0.606. The van der Waals surface area contributed by atoms with E-state index in [0.29, 0.717) is 48.8 Å². The number of ketones is 3. The number of sulfone groups is 2. The molecule has 4 amide bonds. The highest BCUT2D eigenvalue weighted by Gasteiger charge is 2.21. The van der Waals surface area contributed by atoms with Crippen LogP contribution in [0.1, 0.15) is 302 Å². The van der Waals surface area contributed by atoms with Gasteiger partial charge in [-0.2, -0.15) is 0 Å². The van der Waals surface area contributed by atoms with Crippen LogP contribution in [-0.4, -0.2) is 145 Å². The maximum Gasteiger partial charge on any atom is 0.308 e. The van der Waals surface area contributed by atoms with E-state index in [1.165, 1.54) is 18.6 Å². The van der Waals surface area contributed by atoms with Gasteiger partial charge in [-0.1, -0.05) is 302 Å². The number of hydrogen-bond donors (Lipinski definition) is 4. The standard InChI is InChI=1S/C11H15NO.C11H14O2.C10H12O.C9H12O2S.C8H10N2O.2C8H17NO.2C8H16O2.C7H15NO.C7H12O2.C5H10O.C4H10O2S/c1-9(2)11(13)12-8-10-6-4-3-5-7-10;1-9(2)11(12)13-8-10-6-4-3-5-7-10;1-8(2)10(11)9-6-4-3-5-7-9;1-8(2)12(10,11)9-6-4-3-5-7-9;1-6(2)8(11)7-5-9-3-4-10-7;1-6(2)7(10)9-8(3,4)5;1-6(2)5-9-8(10)7(3)4;1-6(2)7(9)10-8(3,4)5;1-6(2)5-10-8(9)7(3)4;1-5(2)7(9)8-6(3)4;1-4-5-9-7(8)6(2)3;1-4(2)5(3)6;1-4(2)7(3,5)6/h3-7,9H,8H2,1-2H3,(H,12,13);3-7,9H,8H2,1-2H3;3-8H,1-2H3;3-8H,1-2H3;3-6H,1-2H3;6H,1-5H3,(H,9,10);6-7H,5H2,1-4H3,(H,9,10);6H,1-5H3;6-7H,5H2,1-4H3;5-6H,1-4H3,(H,8,9);4,6H,1,5H2,2-3H3;4H,1-3H3;4H,1-3H3. The average molecular weight is 1880 g/mol. The molecular weight excluding hydrogens is 1700 g/mol. The number of esters is 4. The number of carbonyl (C=O) groups is 11. The molecule has 4 N–H and O–H groups in total. The molecule has 131 heavy (non-hydrogen) atoms. The summed E-state index contributed by atoms with van der Waals surface area (Å²) in [5.41, 5.74) is 2.97. The van der Waals surface area contributed by atoms with Gasteiger partial charge in [-0.15, -0.1) is 0 Å². The van der Waals surface area contributed by atoms with Crippen LogP contribution in [0.4, 0.5) is 0 Å². The van der Waals surface area contributed by atoms with Crippen LogP contribution in [-0.2, 0) is 94.9 Å². The summed E-state index contributed by atoms with van der Waals surface area (Å²) in [6, 6.07) is 37.7. The molecule has 25 nitrogen and oxygen atoms in total. The topological polar surface area (TPSA) is 367 Å². The Morgan fingerprint density at radius 2 is 0.779 bits per heavy atom.